The molecule has 3 rings (SSSR count). The van der Waals surface area contributed by atoms with Crippen LogP contribution in [0.1, 0.15) is 28.9 Å². The number of carboxylic acid groups (broad SMARTS) is 1. The van der Waals surface area contributed by atoms with Gasteiger partial charge in [0.25, 0.3) is 0 Å². The molecule has 0 spiro atoms. The van der Waals surface area contributed by atoms with Crippen molar-refractivity contribution in [2.24, 2.45) is 0 Å². The number of nitrogens with zero attached hydrogens (tertiary/aromatic N) is 1. The standard InChI is InChI=1S/C18H21N3O2.2ClH/c1-12-16(13-3-5-14(6-4-13)17(22)23)9-15(10-20-12)21-11-18(19-2)7-8-18;;/h3-6,9-10,19,21H,7-8,11H2,1-2H3,(H,22,23);2*1H. The minimum Gasteiger partial charge on any atom is -0.478 e. The van der Waals surface area contributed by atoms with Gasteiger partial charge in [-0.3, -0.25) is 4.98 Å². The van der Waals surface area contributed by atoms with E-state index in [1.54, 1.807) is 12.1 Å². The summed E-state index contributed by atoms with van der Waals surface area (Å²) in [5, 5.41) is 15.8. The molecule has 0 bridgehead atoms. The summed E-state index contributed by atoms with van der Waals surface area (Å²) in [4.78, 5) is 15.4. The van der Waals surface area contributed by atoms with Crippen molar-refractivity contribution in [1.29, 1.82) is 0 Å². The topological polar surface area (TPSA) is 74.2 Å². The molecule has 0 unspecified atom stereocenters. The van der Waals surface area contributed by atoms with Crippen molar-refractivity contribution in [3.63, 3.8) is 0 Å². The molecule has 0 radical (unpaired) electrons. The normalized spacial score (nSPS) is 14.0. The van der Waals surface area contributed by atoms with E-state index in [0.29, 0.717) is 5.56 Å². The number of hydrogen-bond donors (Lipinski definition) is 3. The number of pyridine rings is 1. The molecule has 0 amide bonds. The molecule has 1 aromatic carbocycles. The van der Waals surface area contributed by atoms with Crippen molar-refractivity contribution in [2.75, 3.05) is 18.9 Å². The second-order valence-electron chi connectivity index (χ2n) is 6.12. The van der Waals surface area contributed by atoms with Crippen LogP contribution in [0.4, 0.5) is 5.69 Å². The molecule has 1 heterocycles. The Labute approximate surface area is 160 Å². The summed E-state index contributed by atoms with van der Waals surface area (Å²) in [6.45, 7) is 2.84. The Kier molecular flexibility index (Phi) is 7.23. The van der Waals surface area contributed by atoms with Crippen molar-refractivity contribution < 1.29 is 9.90 Å². The molecule has 1 aromatic heterocycles. The molecule has 1 aliphatic carbocycles. The predicted molar refractivity (Wildman–Crippen MR) is 105 cm³/mol. The largest absolute Gasteiger partial charge is 0.478 e. The van der Waals surface area contributed by atoms with E-state index in [1.165, 1.54) is 12.8 Å². The number of likely N-dealkylation sites (N-methyl/N-ethyl adjacent to an activating group) is 1. The summed E-state index contributed by atoms with van der Waals surface area (Å²) >= 11 is 0. The first-order valence-corrected chi connectivity index (χ1v) is 7.76. The summed E-state index contributed by atoms with van der Waals surface area (Å²) in [7, 11) is 2.00. The molecule has 0 saturated heterocycles. The monoisotopic (exact) mass is 383 g/mol. The van der Waals surface area contributed by atoms with Gasteiger partial charge >= 0.3 is 5.97 Å². The van der Waals surface area contributed by atoms with E-state index in [1.807, 2.05) is 32.3 Å². The highest BCUT2D eigenvalue weighted by atomic mass is 35.5. The number of nitrogens with one attached hydrogen (secondary N) is 2. The number of halogens is 2. The van der Waals surface area contributed by atoms with Gasteiger partial charge in [0.1, 0.15) is 0 Å². The quantitative estimate of drug-likeness (QED) is 0.707. The lowest BCUT2D eigenvalue weighted by molar-refractivity contribution is 0.0697. The minimum absolute atomic E-state index is 0. The van der Waals surface area contributed by atoms with Crippen LogP contribution < -0.4 is 10.6 Å². The highest BCUT2D eigenvalue weighted by Gasteiger charge is 2.40. The van der Waals surface area contributed by atoms with E-state index in [-0.39, 0.29) is 30.4 Å². The lowest BCUT2D eigenvalue weighted by atomic mass is 10.0. The van der Waals surface area contributed by atoms with Crippen LogP contribution in [0, 0.1) is 6.92 Å². The molecule has 3 N–H and O–H groups in total. The van der Waals surface area contributed by atoms with E-state index < -0.39 is 5.97 Å². The van der Waals surface area contributed by atoms with Gasteiger partial charge in [-0.15, -0.1) is 24.8 Å². The van der Waals surface area contributed by atoms with Crippen LogP contribution in [0.2, 0.25) is 0 Å². The van der Waals surface area contributed by atoms with E-state index >= 15 is 0 Å². The number of aromatic nitrogens is 1. The van der Waals surface area contributed by atoms with Gasteiger partial charge in [0, 0.05) is 23.3 Å². The fraction of sp³-hybridized carbons (Fsp3) is 0.333. The van der Waals surface area contributed by atoms with Gasteiger partial charge in [0.2, 0.25) is 0 Å². The maximum atomic E-state index is 11.0. The molecule has 2 aromatic rings. The summed E-state index contributed by atoms with van der Waals surface area (Å²) in [5.41, 5.74) is 4.41. The molecule has 1 saturated carbocycles. The van der Waals surface area contributed by atoms with Crippen molar-refractivity contribution in [3.05, 3.63) is 47.8 Å². The lowest BCUT2D eigenvalue weighted by Crippen LogP contribution is -2.34. The first-order valence-electron chi connectivity index (χ1n) is 7.76. The third kappa shape index (κ3) is 4.84. The molecule has 0 atom stereocenters. The number of benzene rings is 1. The first-order chi connectivity index (χ1) is 11.0. The Morgan fingerprint density at radius 3 is 2.40 bits per heavy atom. The predicted octanol–water partition coefficient (Wildman–Crippen LogP) is 3.76. The zero-order valence-electron chi connectivity index (χ0n) is 14.2. The van der Waals surface area contributed by atoms with E-state index in [2.05, 4.69) is 21.7 Å². The minimum atomic E-state index is -0.913. The average molecular weight is 384 g/mol. The SMILES string of the molecule is CNC1(CNc2cnc(C)c(-c3ccc(C(=O)O)cc3)c2)CC1.Cl.Cl. The third-order valence-corrected chi connectivity index (χ3v) is 4.54. The number of aryl methyl sites for hydroxylation is 1. The molecule has 7 heteroatoms. The lowest BCUT2D eigenvalue weighted by Gasteiger charge is -2.16. The van der Waals surface area contributed by atoms with Gasteiger partial charge in [0.05, 0.1) is 17.4 Å². The van der Waals surface area contributed by atoms with Gasteiger partial charge in [-0.05, 0) is 50.6 Å². The van der Waals surface area contributed by atoms with Crippen LogP contribution in [-0.4, -0.2) is 35.2 Å². The Morgan fingerprint density at radius 1 is 1.24 bits per heavy atom. The Morgan fingerprint density at radius 2 is 1.88 bits per heavy atom. The van der Waals surface area contributed by atoms with Crippen molar-refractivity contribution in [1.82, 2.24) is 10.3 Å². The Balaban J connectivity index is 0.00000156. The van der Waals surface area contributed by atoms with Crippen molar-refractivity contribution in [2.45, 2.75) is 25.3 Å². The van der Waals surface area contributed by atoms with Gasteiger partial charge in [-0.1, -0.05) is 12.1 Å². The van der Waals surface area contributed by atoms with Gasteiger partial charge < -0.3 is 15.7 Å². The molecule has 1 aliphatic rings. The molecule has 5 nitrogen and oxygen atoms in total. The highest BCUT2D eigenvalue weighted by molar-refractivity contribution is 5.88. The fourth-order valence-corrected chi connectivity index (χ4v) is 2.65. The molecular weight excluding hydrogens is 361 g/mol. The van der Waals surface area contributed by atoms with Gasteiger partial charge in [-0.25, -0.2) is 4.79 Å². The summed E-state index contributed by atoms with van der Waals surface area (Å²) < 4.78 is 0. The van der Waals surface area contributed by atoms with Crippen molar-refractivity contribution >= 4 is 36.5 Å². The number of hydrogen-bond acceptors (Lipinski definition) is 4. The van der Waals surface area contributed by atoms with Crippen molar-refractivity contribution in [3.8, 4) is 11.1 Å². The second-order valence-corrected chi connectivity index (χ2v) is 6.12. The van der Waals surface area contributed by atoms with E-state index in [4.69, 9.17) is 5.11 Å². The smallest absolute Gasteiger partial charge is 0.335 e. The van der Waals surface area contributed by atoms with Crippen LogP contribution in [0.25, 0.3) is 11.1 Å². The van der Waals surface area contributed by atoms with Gasteiger partial charge in [-0.2, -0.15) is 0 Å². The highest BCUT2D eigenvalue weighted by Crippen LogP contribution is 2.35. The van der Waals surface area contributed by atoms with Crippen LogP contribution in [0.5, 0.6) is 0 Å². The van der Waals surface area contributed by atoms with E-state index in [0.717, 1.165) is 29.1 Å². The van der Waals surface area contributed by atoms with Crippen LogP contribution >= 0.6 is 24.8 Å². The summed E-state index contributed by atoms with van der Waals surface area (Å²) in [6, 6.07) is 8.97. The summed E-state index contributed by atoms with van der Waals surface area (Å²) in [5.74, 6) is -0.913. The third-order valence-electron chi connectivity index (χ3n) is 4.54. The zero-order valence-corrected chi connectivity index (χ0v) is 15.8. The Hall–Kier alpha value is -1.82. The van der Waals surface area contributed by atoms with Crippen LogP contribution in [0.3, 0.4) is 0 Å². The van der Waals surface area contributed by atoms with Crippen LogP contribution in [0.15, 0.2) is 36.5 Å². The van der Waals surface area contributed by atoms with E-state index in [9.17, 15) is 4.79 Å². The Bertz CT molecular complexity index is 732. The molecule has 1 fully saturated rings. The number of aromatic carboxylic acids is 1. The molecular formula is C18H23Cl2N3O2. The number of anilines is 1. The fourth-order valence-electron chi connectivity index (χ4n) is 2.65. The number of carboxylic acids is 1. The zero-order chi connectivity index (χ0) is 16.4. The average Bonchev–Trinajstić information content (AvgIpc) is 3.35. The number of rotatable bonds is 6. The van der Waals surface area contributed by atoms with Crippen LogP contribution in [-0.2, 0) is 0 Å². The maximum Gasteiger partial charge on any atom is 0.335 e. The molecule has 136 valence electrons. The molecule has 25 heavy (non-hydrogen) atoms. The number of carbonyl (C=O) groups is 1. The molecule has 0 aliphatic heterocycles. The first kappa shape index (κ1) is 21.2. The van der Waals surface area contributed by atoms with Gasteiger partial charge in [0.15, 0.2) is 0 Å². The summed E-state index contributed by atoms with van der Waals surface area (Å²) in [6.07, 6.45) is 4.23. The second kappa shape index (κ2) is 8.52. The maximum absolute atomic E-state index is 11.0.